The Morgan fingerprint density at radius 3 is 2.69 bits per heavy atom. The van der Waals surface area contributed by atoms with E-state index >= 15 is 0 Å². The summed E-state index contributed by atoms with van der Waals surface area (Å²) in [6.07, 6.45) is 3.44. The van der Waals surface area contributed by atoms with E-state index < -0.39 is 0 Å². The van der Waals surface area contributed by atoms with Crippen molar-refractivity contribution in [2.45, 2.75) is 26.3 Å². The molecule has 0 amide bonds. The summed E-state index contributed by atoms with van der Waals surface area (Å²) in [5.41, 5.74) is 0. The summed E-state index contributed by atoms with van der Waals surface area (Å²) in [6.45, 7) is 7.89. The molecule has 0 saturated carbocycles. The molecule has 1 unspecified atom stereocenters. The number of hydrogen-bond acceptors (Lipinski definition) is 3. The van der Waals surface area contributed by atoms with Gasteiger partial charge in [0.15, 0.2) is 0 Å². The Labute approximate surface area is 87.5 Å². The Morgan fingerprint density at radius 1 is 1.46 bits per heavy atom. The van der Waals surface area contributed by atoms with E-state index in [1.807, 2.05) is 11.8 Å². The van der Waals surface area contributed by atoms with E-state index in [2.05, 4.69) is 37.4 Å². The number of hydrogen-bond donors (Lipinski definition) is 1. The minimum atomic E-state index is 0.617. The summed E-state index contributed by atoms with van der Waals surface area (Å²) >= 11 is 1.92. The molecule has 2 nitrogen and oxygen atoms in total. The highest BCUT2D eigenvalue weighted by atomic mass is 32.2. The first-order valence-electron chi connectivity index (χ1n) is 5.11. The molecule has 80 valence electrons. The second-order valence-corrected chi connectivity index (χ2v) is 4.54. The van der Waals surface area contributed by atoms with Gasteiger partial charge in [-0.2, -0.15) is 11.8 Å². The molecule has 0 aromatic rings. The lowest BCUT2D eigenvalue weighted by molar-refractivity contribution is 0.310. The molecule has 1 N–H and O–H groups in total. The van der Waals surface area contributed by atoms with Crippen molar-refractivity contribution in [1.82, 2.24) is 10.2 Å². The van der Waals surface area contributed by atoms with Gasteiger partial charge in [-0.05, 0) is 45.5 Å². The van der Waals surface area contributed by atoms with E-state index in [9.17, 15) is 0 Å². The Balaban J connectivity index is 3.24. The summed E-state index contributed by atoms with van der Waals surface area (Å²) in [7, 11) is 2.17. The van der Waals surface area contributed by atoms with Crippen molar-refractivity contribution >= 4 is 11.8 Å². The molecule has 0 aliphatic heterocycles. The van der Waals surface area contributed by atoms with E-state index in [4.69, 9.17) is 0 Å². The fourth-order valence-corrected chi connectivity index (χ4v) is 1.66. The van der Waals surface area contributed by atoms with Crippen LogP contribution in [0.2, 0.25) is 0 Å². The molecule has 0 aliphatic carbocycles. The lowest BCUT2D eigenvalue weighted by Crippen LogP contribution is -2.37. The van der Waals surface area contributed by atoms with Gasteiger partial charge in [0.25, 0.3) is 0 Å². The van der Waals surface area contributed by atoms with Crippen molar-refractivity contribution in [3.05, 3.63) is 0 Å². The monoisotopic (exact) mass is 204 g/mol. The maximum Gasteiger partial charge on any atom is 0.0166 e. The number of rotatable bonds is 8. The SMILES string of the molecule is CCN(C)CC(C)NCCCSC. The Bertz CT molecular complexity index is 109. The van der Waals surface area contributed by atoms with Crippen molar-refractivity contribution < 1.29 is 0 Å². The van der Waals surface area contributed by atoms with Crippen LogP contribution in [0.5, 0.6) is 0 Å². The summed E-state index contributed by atoms with van der Waals surface area (Å²) in [5, 5.41) is 3.53. The van der Waals surface area contributed by atoms with Gasteiger partial charge in [-0.1, -0.05) is 6.92 Å². The zero-order valence-corrected chi connectivity index (χ0v) is 10.3. The van der Waals surface area contributed by atoms with Crippen molar-refractivity contribution in [2.24, 2.45) is 0 Å². The van der Waals surface area contributed by atoms with Crippen molar-refractivity contribution in [1.29, 1.82) is 0 Å². The smallest absolute Gasteiger partial charge is 0.0166 e. The average molecular weight is 204 g/mol. The molecule has 0 aromatic heterocycles. The number of nitrogens with one attached hydrogen (secondary N) is 1. The molecule has 0 bridgehead atoms. The van der Waals surface area contributed by atoms with E-state index in [1.165, 1.54) is 12.2 Å². The normalized spacial score (nSPS) is 13.6. The summed E-state index contributed by atoms with van der Waals surface area (Å²) < 4.78 is 0. The topological polar surface area (TPSA) is 15.3 Å². The van der Waals surface area contributed by atoms with Gasteiger partial charge in [0, 0.05) is 12.6 Å². The Hall–Kier alpha value is 0.270. The maximum atomic E-state index is 3.53. The molecule has 0 rings (SSSR count). The summed E-state index contributed by atoms with van der Waals surface area (Å²) in [5.74, 6) is 1.27. The van der Waals surface area contributed by atoms with Crippen LogP contribution in [0.1, 0.15) is 20.3 Å². The van der Waals surface area contributed by atoms with Crippen LogP contribution in [0, 0.1) is 0 Å². The molecule has 0 spiro atoms. The van der Waals surface area contributed by atoms with Crippen LogP contribution in [0.15, 0.2) is 0 Å². The number of likely N-dealkylation sites (N-methyl/N-ethyl adjacent to an activating group) is 1. The van der Waals surface area contributed by atoms with E-state index in [-0.39, 0.29) is 0 Å². The van der Waals surface area contributed by atoms with Gasteiger partial charge >= 0.3 is 0 Å². The van der Waals surface area contributed by atoms with Gasteiger partial charge < -0.3 is 10.2 Å². The first-order valence-corrected chi connectivity index (χ1v) is 6.51. The van der Waals surface area contributed by atoms with E-state index in [1.54, 1.807) is 0 Å². The fourth-order valence-electron chi connectivity index (χ4n) is 1.23. The third-order valence-corrected chi connectivity index (χ3v) is 2.84. The first-order chi connectivity index (χ1) is 6.20. The third kappa shape index (κ3) is 8.60. The number of nitrogens with zero attached hydrogens (tertiary/aromatic N) is 1. The molecule has 0 radical (unpaired) electrons. The van der Waals surface area contributed by atoms with E-state index in [0.717, 1.165) is 19.6 Å². The molecule has 1 atom stereocenters. The molecule has 3 heteroatoms. The van der Waals surface area contributed by atoms with Crippen molar-refractivity contribution in [3.63, 3.8) is 0 Å². The molecular formula is C10H24N2S. The van der Waals surface area contributed by atoms with Crippen molar-refractivity contribution in [3.8, 4) is 0 Å². The molecule has 13 heavy (non-hydrogen) atoms. The van der Waals surface area contributed by atoms with Gasteiger partial charge in [0.2, 0.25) is 0 Å². The largest absolute Gasteiger partial charge is 0.313 e. The molecule has 0 aliphatic rings. The predicted molar refractivity (Wildman–Crippen MR) is 63.6 cm³/mol. The van der Waals surface area contributed by atoms with Crippen LogP contribution >= 0.6 is 11.8 Å². The zero-order chi connectivity index (χ0) is 10.1. The highest BCUT2D eigenvalue weighted by molar-refractivity contribution is 7.98. The Kier molecular flexibility index (Phi) is 9.03. The van der Waals surface area contributed by atoms with Gasteiger partial charge in [-0.25, -0.2) is 0 Å². The average Bonchev–Trinajstić information content (AvgIpc) is 2.12. The van der Waals surface area contributed by atoms with Gasteiger partial charge in [-0.15, -0.1) is 0 Å². The third-order valence-electron chi connectivity index (χ3n) is 2.14. The highest BCUT2D eigenvalue weighted by Gasteiger charge is 2.02. The minimum absolute atomic E-state index is 0.617. The van der Waals surface area contributed by atoms with Crippen LogP contribution in [0.4, 0.5) is 0 Å². The van der Waals surface area contributed by atoms with Crippen LogP contribution in [0.25, 0.3) is 0 Å². The minimum Gasteiger partial charge on any atom is -0.313 e. The molecule has 0 saturated heterocycles. The van der Waals surface area contributed by atoms with Crippen LogP contribution in [-0.4, -0.2) is 49.6 Å². The summed E-state index contributed by atoms with van der Waals surface area (Å²) in [6, 6.07) is 0.617. The molecule has 0 aromatic carbocycles. The lowest BCUT2D eigenvalue weighted by Gasteiger charge is -2.20. The number of thioether (sulfide) groups is 1. The zero-order valence-electron chi connectivity index (χ0n) is 9.47. The molecule has 0 heterocycles. The fraction of sp³-hybridized carbons (Fsp3) is 1.00. The van der Waals surface area contributed by atoms with E-state index in [0.29, 0.717) is 6.04 Å². The standard InChI is InChI=1S/C10H24N2S/c1-5-12(3)9-10(2)11-7-6-8-13-4/h10-11H,5-9H2,1-4H3. The maximum absolute atomic E-state index is 3.53. The second kappa shape index (κ2) is 8.85. The van der Waals surface area contributed by atoms with Gasteiger partial charge in [-0.3, -0.25) is 0 Å². The quantitative estimate of drug-likeness (QED) is 0.606. The molecular weight excluding hydrogens is 180 g/mol. The lowest BCUT2D eigenvalue weighted by atomic mass is 10.3. The van der Waals surface area contributed by atoms with Gasteiger partial charge in [0.1, 0.15) is 0 Å². The molecule has 0 fully saturated rings. The Morgan fingerprint density at radius 2 is 2.15 bits per heavy atom. The summed E-state index contributed by atoms with van der Waals surface area (Å²) in [4.78, 5) is 2.34. The van der Waals surface area contributed by atoms with Crippen LogP contribution < -0.4 is 5.32 Å². The first kappa shape index (κ1) is 13.3. The highest BCUT2D eigenvalue weighted by Crippen LogP contribution is 1.94. The van der Waals surface area contributed by atoms with Crippen molar-refractivity contribution in [2.75, 3.05) is 38.7 Å². The van der Waals surface area contributed by atoms with Crippen LogP contribution in [-0.2, 0) is 0 Å². The predicted octanol–water partition coefficient (Wildman–Crippen LogP) is 1.67. The van der Waals surface area contributed by atoms with Gasteiger partial charge in [0.05, 0.1) is 0 Å². The van der Waals surface area contributed by atoms with Crippen LogP contribution in [0.3, 0.4) is 0 Å². The second-order valence-electron chi connectivity index (χ2n) is 3.56.